The van der Waals surface area contributed by atoms with Crippen molar-refractivity contribution in [3.8, 4) is 22.8 Å². The van der Waals surface area contributed by atoms with Gasteiger partial charge in [-0.3, -0.25) is 4.79 Å². The van der Waals surface area contributed by atoms with Gasteiger partial charge >= 0.3 is 0 Å². The molecule has 10 heteroatoms. The van der Waals surface area contributed by atoms with Gasteiger partial charge in [0.15, 0.2) is 0 Å². The Hall–Kier alpha value is -4.21. The van der Waals surface area contributed by atoms with Crippen molar-refractivity contribution in [2.45, 2.75) is 6.04 Å². The Labute approximate surface area is 170 Å². The fourth-order valence-corrected chi connectivity index (χ4v) is 3.63. The van der Waals surface area contributed by atoms with E-state index in [1.54, 1.807) is 18.9 Å². The molecule has 0 fully saturated rings. The highest BCUT2D eigenvalue weighted by molar-refractivity contribution is 5.75. The smallest absolute Gasteiger partial charge is 0.288 e. The largest absolute Gasteiger partial charge is 0.497 e. The molecule has 0 aliphatic carbocycles. The molecule has 2 N–H and O–H groups in total. The molecule has 2 aromatic carbocycles. The first kappa shape index (κ1) is 17.9. The second kappa shape index (κ2) is 6.99. The van der Waals surface area contributed by atoms with Crippen LogP contribution < -0.4 is 20.3 Å². The number of hydrogen-bond acceptors (Lipinski definition) is 8. The number of ether oxygens (including phenoxy) is 2. The third-order valence-electron chi connectivity index (χ3n) is 5.04. The summed E-state index contributed by atoms with van der Waals surface area (Å²) in [6.07, 6.45) is 0. The van der Waals surface area contributed by atoms with Crippen LogP contribution in [0.3, 0.4) is 0 Å². The maximum absolute atomic E-state index is 12.7. The van der Waals surface area contributed by atoms with E-state index in [1.165, 1.54) is 0 Å². The predicted molar refractivity (Wildman–Crippen MR) is 108 cm³/mol. The van der Waals surface area contributed by atoms with Gasteiger partial charge in [0.05, 0.1) is 19.9 Å². The average Bonchev–Trinajstić information content (AvgIpc) is 3.27. The lowest BCUT2D eigenvalue weighted by molar-refractivity contribution is 0.413. The van der Waals surface area contributed by atoms with Crippen molar-refractivity contribution in [2.24, 2.45) is 0 Å². The van der Waals surface area contributed by atoms with Gasteiger partial charge in [0.2, 0.25) is 5.95 Å². The van der Waals surface area contributed by atoms with Crippen molar-refractivity contribution >= 4 is 11.6 Å². The van der Waals surface area contributed by atoms with E-state index in [0.29, 0.717) is 28.6 Å². The zero-order valence-electron chi connectivity index (χ0n) is 16.2. The topological polar surface area (TPSA) is 120 Å². The van der Waals surface area contributed by atoms with Crippen molar-refractivity contribution in [3.63, 3.8) is 0 Å². The van der Waals surface area contributed by atoms with E-state index in [-0.39, 0.29) is 5.56 Å². The second-order valence-corrected chi connectivity index (χ2v) is 6.67. The zero-order valence-corrected chi connectivity index (χ0v) is 16.2. The third-order valence-corrected chi connectivity index (χ3v) is 5.04. The summed E-state index contributed by atoms with van der Waals surface area (Å²) in [4.78, 5) is 12.7. The molecule has 0 spiro atoms. The highest BCUT2D eigenvalue weighted by Gasteiger charge is 2.34. The molecular formula is C20H17N7O3. The summed E-state index contributed by atoms with van der Waals surface area (Å²) in [6.45, 7) is 0. The maximum atomic E-state index is 12.7. The second-order valence-electron chi connectivity index (χ2n) is 6.67. The standard InChI is InChI=1S/C20H17N7O3/c1-29-13-8-6-11(7-9-13)16-15-17(19(28)23-22-16)21-20-24-25-26-27(20)18(15)12-4-3-5-14(10-12)30-2/h3-10,18H,1-2H3,(H,23,28)(H,21,24,26)/t18-/m1/s1. The molecule has 5 rings (SSSR count). The lowest BCUT2D eigenvalue weighted by Crippen LogP contribution is -2.29. The molecular weight excluding hydrogens is 386 g/mol. The Balaban J connectivity index is 1.78. The number of anilines is 2. The molecule has 1 atom stereocenters. The third kappa shape index (κ3) is 2.77. The Morgan fingerprint density at radius 2 is 1.83 bits per heavy atom. The number of aromatic amines is 1. The Kier molecular flexibility index (Phi) is 4.16. The van der Waals surface area contributed by atoms with E-state index in [4.69, 9.17) is 9.47 Å². The van der Waals surface area contributed by atoms with Crippen molar-refractivity contribution in [1.29, 1.82) is 0 Å². The number of aromatic nitrogens is 6. The number of tetrazole rings is 1. The quantitative estimate of drug-likeness (QED) is 0.468. The lowest BCUT2D eigenvalue weighted by atomic mass is 9.92. The summed E-state index contributed by atoms with van der Waals surface area (Å²) in [5.41, 5.74) is 2.93. The van der Waals surface area contributed by atoms with Gasteiger partial charge in [0.25, 0.3) is 5.56 Å². The van der Waals surface area contributed by atoms with Gasteiger partial charge in [0, 0.05) is 11.1 Å². The van der Waals surface area contributed by atoms with Crippen molar-refractivity contribution in [2.75, 3.05) is 19.5 Å². The fraction of sp³-hybridized carbons (Fsp3) is 0.150. The molecule has 0 radical (unpaired) electrons. The van der Waals surface area contributed by atoms with Crippen LogP contribution in [0.25, 0.3) is 11.3 Å². The number of hydrogen-bond donors (Lipinski definition) is 2. The summed E-state index contributed by atoms with van der Waals surface area (Å²) in [5, 5.41) is 21.9. The molecule has 0 unspecified atom stereocenters. The highest BCUT2D eigenvalue weighted by atomic mass is 16.5. The maximum Gasteiger partial charge on any atom is 0.288 e. The van der Waals surface area contributed by atoms with Gasteiger partial charge in [-0.05, 0) is 52.4 Å². The van der Waals surface area contributed by atoms with Crippen LogP contribution >= 0.6 is 0 Å². The average molecular weight is 403 g/mol. The molecule has 0 bridgehead atoms. The molecule has 2 aromatic heterocycles. The van der Waals surface area contributed by atoms with Crippen LogP contribution in [0.2, 0.25) is 0 Å². The van der Waals surface area contributed by atoms with Crippen LogP contribution in [-0.2, 0) is 0 Å². The van der Waals surface area contributed by atoms with E-state index in [1.807, 2.05) is 48.5 Å². The van der Waals surface area contributed by atoms with Crippen LogP contribution in [-0.4, -0.2) is 44.6 Å². The summed E-state index contributed by atoms with van der Waals surface area (Å²) in [7, 11) is 3.21. The molecule has 3 heterocycles. The number of nitrogens with zero attached hydrogens (tertiary/aromatic N) is 5. The van der Waals surface area contributed by atoms with Crippen molar-refractivity contribution < 1.29 is 9.47 Å². The Morgan fingerprint density at radius 1 is 1.03 bits per heavy atom. The normalized spacial score (nSPS) is 14.4. The van der Waals surface area contributed by atoms with Crippen LogP contribution in [0.1, 0.15) is 17.2 Å². The molecule has 1 aliphatic heterocycles. The highest BCUT2D eigenvalue weighted by Crippen LogP contribution is 2.41. The molecule has 10 nitrogen and oxygen atoms in total. The number of benzene rings is 2. The minimum absolute atomic E-state index is 0.353. The van der Waals surface area contributed by atoms with Gasteiger partial charge in [-0.15, -0.1) is 0 Å². The number of methoxy groups -OCH3 is 2. The molecule has 4 aromatic rings. The zero-order chi connectivity index (χ0) is 20.7. The predicted octanol–water partition coefficient (Wildman–Crippen LogP) is 2.14. The Bertz CT molecular complexity index is 1280. The summed E-state index contributed by atoms with van der Waals surface area (Å²) in [5.74, 6) is 1.78. The van der Waals surface area contributed by atoms with Crippen molar-refractivity contribution in [3.05, 3.63) is 70.0 Å². The summed E-state index contributed by atoms with van der Waals surface area (Å²) < 4.78 is 12.3. The molecule has 150 valence electrons. The summed E-state index contributed by atoms with van der Waals surface area (Å²) in [6, 6.07) is 14.5. The summed E-state index contributed by atoms with van der Waals surface area (Å²) >= 11 is 0. The minimum Gasteiger partial charge on any atom is -0.497 e. The van der Waals surface area contributed by atoms with Gasteiger partial charge in [-0.25, -0.2) is 5.10 Å². The number of fused-ring (bicyclic) bond motifs is 2. The molecule has 0 saturated carbocycles. The van der Waals surface area contributed by atoms with Gasteiger partial charge < -0.3 is 14.8 Å². The van der Waals surface area contributed by atoms with E-state index in [2.05, 4.69) is 31.0 Å². The number of nitrogens with one attached hydrogen (secondary N) is 2. The SMILES string of the molecule is COc1ccc(-c2n[nH]c(=O)c3c2[C@@H](c2cccc(OC)c2)n2nnnc2N3)cc1. The van der Waals surface area contributed by atoms with Gasteiger partial charge in [0.1, 0.15) is 23.2 Å². The van der Waals surface area contributed by atoms with Crippen LogP contribution in [0.5, 0.6) is 11.5 Å². The first-order chi connectivity index (χ1) is 14.7. The van der Waals surface area contributed by atoms with Gasteiger partial charge in [-0.1, -0.05) is 17.2 Å². The molecule has 0 saturated heterocycles. The van der Waals surface area contributed by atoms with E-state index < -0.39 is 6.04 Å². The van der Waals surface area contributed by atoms with E-state index in [9.17, 15) is 4.79 Å². The molecule has 30 heavy (non-hydrogen) atoms. The molecule has 1 aliphatic rings. The van der Waals surface area contributed by atoms with Crippen LogP contribution in [0, 0.1) is 0 Å². The van der Waals surface area contributed by atoms with E-state index >= 15 is 0 Å². The monoisotopic (exact) mass is 403 g/mol. The fourth-order valence-electron chi connectivity index (χ4n) is 3.63. The molecule has 0 amide bonds. The first-order valence-electron chi connectivity index (χ1n) is 9.15. The lowest BCUT2D eigenvalue weighted by Gasteiger charge is -2.28. The van der Waals surface area contributed by atoms with E-state index in [0.717, 1.165) is 16.9 Å². The number of H-pyrrole nitrogens is 1. The van der Waals surface area contributed by atoms with Crippen molar-refractivity contribution in [1.82, 2.24) is 30.4 Å². The van der Waals surface area contributed by atoms with Crippen LogP contribution in [0.4, 0.5) is 11.6 Å². The minimum atomic E-state index is -0.478. The Morgan fingerprint density at radius 3 is 2.60 bits per heavy atom. The van der Waals surface area contributed by atoms with Crippen LogP contribution in [0.15, 0.2) is 53.3 Å². The number of rotatable bonds is 4. The first-order valence-corrected chi connectivity index (χ1v) is 9.15. The van der Waals surface area contributed by atoms with Gasteiger partial charge in [-0.2, -0.15) is 9.78 Å².